The van der Waals surface area contributed by atoms with Gasteiger partial charge in [-0.25, -0.2) is 9.59 Å². The number of hydrogen-bond acceptors (Lipinski definition) is 3. The van der Waals surface area contributed by atoms with Gasteiger partial charge in [0.1, 0.15) is 0 Å². The molecule has 0 atom stereocenters. The minimum absolute atomic E-state index is 0.0910. The summed E-state index contributed by atoms with van der Waals surface area (Å²) in [5, 5.41) is 10.7. The number of carbonyl (C=O) groups excluding carboxylic acids is 1. The molecule has 1 rings (SSSR count). The second kappa shape index (κ2) is 7.66. The molecule has 1 amide bonds. The predicted octanol–water partition coefficient (Wildman–Crippen LogP) is 3.44. The number of carboxylic acids is 1. The molecule has 0 saturated heterocycles. The first-order valence-corrected chi connectivity index (χ1v) is 6.65. The number of carbonyl (C=O) groups is 2. The number of alkyl carbamates (subject to hydrolysis) is 1. The number of benzene rings is 1. The number of ether oxygens (including phenoxy) is 1. The number of halogens is 3. The van der Waals surface area contributed by atoms with Crippen LogP contribution in [0, 0.1) is 0 Å². The van der Waals surface area contributed by atoms with E-state index in [-0.39, 0.29) is 23.8 Å². The first-order chi connectivity index (χ1) is 10.6. The third kappa shape index (κ3) is 6.41. The van der Waals surface area contributed by atoms with Crippen molar-refractivity contribution in [3.8, 4) is 0 Å². The van der Waals surface area contributed by atoms with Gasteiger partial charge in [0.15, 0.2) is 0 Å². The lowest BCUT2D eigenvalue weighted by Crippen LogP contribution is -2.27. The van der Waals surface area contributed by atoms with Crippen LogP contribution in [0.25, 0.3) is 6.08 Å². The van der Waals surface area contributed by atoms with E-state index in [0.717, 1.165) is 18.2 Å². The van der Waals surface area contributed by atoms with Crippen LogP contribution in [0.1, 0.15) is 30.5 Å². The van der Waals surface area contributed by atoms with Gasteiger partial charge in [-0.2, -0.15) is 13.2 Å². The highest BCUT2D eigenvalue weighted by molar-refractivity contribution is 5.85. The Morgan fingerprint density at radius 1 is 1.35 bits per heavy atom. The fourth-order valence-electron chi connectivity index (χ4n) is 1.71. The Kier molecular flexibility index (Phi) is 6.18. The summed E-state index contributed by atoms with van der Waals surface area (Å²) >= 11 is 0. The van der Waals surface area contributed by atoms with Crippen LogP contribution in [0.3, 0.4) is 0 Å². The zero-order valence-corrected chi connectivity index (χ0v) is 12.5. The molecule has 0 spiro atoms. The first-order valence-electron chi connectivity index (χ1n) is 6.65. The second-order valence-electron chi connectivity index (χ2n) is 4.89. The first kappa shape index (κ1) is 18.5. The molecule has 0 aromatic heterocycles. The van der Waals surface area contributed by atoms with E-state index in [4.69, 9.17) is 9.84 Å². The lowest BCUT2D eigenvalue weighted by molar-refractivity contribution is -0.138. The molecule has 0 saturated carbocycles. The van der Waals surface area contributed by atoms with E-state index in [1.807, 2.05) is 0 Å². The maximum atomic E-state index is 13.1. The Balaban J connectivity index is 2.98. The van der Waals surface area contributed by atoms with Crippen LogP contribution in [0.2, 0.25) is 0 Å². The zero-order valence-electron chi connectivity index (χ0n) is 12.5. The van der Waals surface area contributed by atoms with E-state index in [2.05, 4.69) is 5.32 Å². The third-order valence-electron chi connectivity index (χ3n) is 2.62. The molecular formula is C15H16F3NO4. The Morgan fingerprint density at radius 2 is 2.00 bits per heavy atom. The number of amides is 1. The second-order valence-corrected chi connectivity index (χ2v) is 4.89. The summed E-state index contributed by atoms with van der Waals surface area (Å²) in [6.07, 6.45) is -4.04. The predicted molar refractivity (Wildman–Crippen MR) is 76.6 cm³/mol. The largest absolute Gasteiger partial charge is 0.478 e. The lowest BCUT2D eigenvalue weighted by Gasteiger charge is -2.15. The molecular weight excluding hydrogens is 315 g/mol. The summed E-state index contributed by atoms with van der Waals surface area (Å²) in [4.78, 5) is 21.8. The molecule has 1 aromatic rings. The van der Waals surface area contributed by atoms with Crippen LogP contribution < -0.4 is 5.32 Å². The molecule has 0 unspecified atom stereocenters. The van der Waals surface area contributed by atoms with Crippen molar-refractivity contribution in [3.05, 3.63) is 41.0 Å². The van der Waals surface area contributed by atoms with Gasteiger partial charge in [-0.3, -0.25) is 0 Å². The summed E-state index contributed by atoms with van der Waals surface area (Å²) in [5.41, 5.74) is -1.01. The van der Waals surface area contributed by atoms with E-state index in [9.17, 15) is 22.8 Å². The Morgan fingerprint density at radius 3 is 2.52 bits per heavy atom. The highest BCUT2D eigenvalue weighted by Gasteiger charge is 2.33. The van der Waals surface area contributed by atoms with Crippen molar-refractivity contribution in [1.29, 1.82) is 0 Å². The molecule has 23 heavy (non-hydrogen) atoms. The number of rotatable bonds is 5. The quantitative estimate of drug-likeness (QED) is 0.811. The smallest absolute Gasteiger partial charge is 0.416 e. The molecule has 1 aromatic carbocycles. The maximum Gasteiger partial charge on any atom is 0.416 e. The highest BCUT2D eigenvalue weighted by Crippen LogP contribution is 2.33. The van der Waals surface area contributed by atoms with Gasteiger partial charge in [-0.05, 0) is 37.1 Å². The third-order valence-corrected chi connectivity index (χ3v) is 2.62. The Hall–Kier alpha value is -2.51. The minimum atomic E-state index is -4.63. The van der Waals surface area contributed by atoms with E-state index in [1.165, 1.54) is 12.1 Å². The molecule has 8 heteroatoms. The number of hydrogen-bond donors (Lipinski definition) is 2. The van der Waals surface area contributed by atoms with Crippen molar-refractivity contribution < 1.29 is 32.6 Å². The standard InChI is InChI=1S/C15H16F3NO4/c1-9(2)23-14(22)19-8-11-5-3-10(4-6-13(20)21)7-12(11)15(16,17)18/h3-7,9H,8H2,1-2H3,(H,19,22)(H,20,21). The fourth-order valence-corrected chi connectivity index (χ4v) is 1.71. The summed E-state index contributed by atoms with van der Waals surface area (Å²) in [6.45, 7) is 2.87. The topological polar surface area (TPSA) is 75.6 Å². The van der Waals surface area contributed by atoms with Gasteiger partial charge in [0, 0.05) is 12.6 Å². The summed E-state index contributed by atoms with van der Waals surface area (Å²) in [5.74, 6) is -1.26. The molecule has 5 nitrogen and oxygen atoms in total. The van der Waals surface area contributed by atoms with E-state index in [0.29, 0.717) is 0 Å². The van der Waals surface area contributed by atoms with Crippen LogP contribution in [-0.2, 0) is 22.3 Å². The number of aliphatic carboxylic acids is 1. The summed E-state index contributed by atoms with van der Waals surface area (Å²) in [6, 6.07) is 3.34. The van der Waals surface area contributed by atoms with Crippen LogP contribution in [0.5, 0.6) is 0 Å². The van der Waals surface area contributed by atoms with Crippen molar-refractivity contribution in [2.45, 2.75) is 32.7 Å². The number of nitrogens with one attached hydrogen (secondary N) is 1. The summed E-state index contributed by atoms with van der Waals surface area (Å²) < 4.78 is 44.0. The molecule has 2 N–H and O–H groups in total. The maximum absolute atomic E-state index is 13.1. The van der Waals surface area contributed by atoms with Crippen LogP contribution in [-0.4, -0.2) is 23.3 Å². The monoisotopic (exact) mass is 331 g/mol. The van der Waals surface area contributed by atoms with Crippen LogP contribution in [0.15, 0.2) is 24.3 Å². The van der Waals surface area contributed by atoms with Crippen molar-refractivity contribution >= 4 is 18.1 Å². The van der Waals surface area contributed by atoms with Gasteiger partial charge in [0.05, 0.1) is 11.7 Å². The molecule has 0 aliphatic heterocycles. The Labute approximate surface area is 130 Å². The SMILES string of the molecule is CC(C)OC(=O)NCc1ccc(C=CC(=O)O)cc1C(F)(F)F. The molecule has 0 radical (unpaired) electrons. The van der Waals surface area contributed by atoms with Crippen molar-refractivity contribution in [2.75, 3.05) is 0 Å². The van der Waals surface area contributed by atoms with Crippen LogP contribution >= 0.6 is 0 Å². The zero-order chi connectivity index (χ0) is 17.6. The molecule has 0 fully saturated rings. The Bertz CT molecular complexity index is 609. The van der Waals surface area contributed by atoms with Gasteiger partial charge in [-0.15, -0.1) is 0 Å². The number of alkyl halides is 3. The fraction of sp³-hybridized carbons (Fsp3) is 0.333. The normalized spacial score (nSPS) is 11.7. The highest BCUT2D eigenvalue weighted by atomic mass is 19.4. The van der Waals surface area contributed by atoms with E-state index < -0.39 is 23.8 Å². The molecule has 0 heterocycles. The molecule has 0 bridgehead atoms. The molecule has 0 aliphatic carbocycles. The average Bonchev–Trinajstić information content (AvgIpc) is 2.41. The lowest BCUT2D eigenvalue weighted by atomic mass is 10.0. The van der Waals surface area contributed by atoms with Gasteiger partial charge < -0.3 is 15.2 Å². The average molecular weight is 331 g/mol. The van der Waals surface area contributed by atoms with Gasteiger partial charge >= 0.3 is 18.2 Å². The van der Waals surface area contributed by atoms with Crippen molar-refractivity contribution in [1.82, 2.24) is 5.32 Å². The van der Waals surface area contributed by atoms with Crippen molar-refractivity contribution in [3.63, 3.8) is 0 Å². The van der Waals surface area contributed by atoms with Gasteiger partial charge in [-0.1, -0.05) is 12.1 Å². The molecule has 126 valence electrons. The van der Waals surface area contributed by atoms with E-state index >= 15 is 0 Å². The summed E-state index contributed by atoms with van der Waals surface area (Å²) in [7, 11) is 0. The van der Waals surface area contributed by atoms with Gasteiger partial charge in [0.25, 0.3) is 0 Å². The number of carboxylic acid groups (broad SMARTS) is 1. The molecule has 0 aliphatic rings. The van der Waals surface area contributed by atoms with E-state index in [1.54, 1.807) is 13.8 Å². The van der Waals surface area contributed by atoms with Crippen LogP contribution in [0.4, 0.5) is 18.0 Å². The van der Waals surface area contributed by atoms with Gasteiger partial charge in [0.2, 0.25) is 0 Å². The minimum Gasteiger partial charge on any atom is -0.478 e. The van der Waals surface area contributed by atoms with Crippen molar-refractivity contribution in [2.24, 2.45) is 0 Å².